The van der Waals surface area contributed by atoms with E-state index in [1.807, 2.05) is 6.08 Å². The lowest BCUT2D eigenvalue weighted by Gasteiger charge is -2.44. The summed E-state index contributed by atoms with van der Waals surface area (Å²) in [4.78, 5) is 11.6. The van der Waals surface area contributed by atoms with Crippen LogP contribution in [0.1, 0.15) is 45.4 Å². The lowest BCUT2D eigenvalue weighted by Crippen LogP contribution is -2.39. The first-order valence-corrected chi connectivity index (χ1v) is 7.94. The van der Waals surface area contributed by atoms with Crippen LogP contribution < -0.4 is 0 Å². The maximum Gasteiger partial charge on any atom is 0.156 e. The van der Waals surface area contributed by atoms with Gasteiger partial charge in [-0.15, -0.1) is 0 Å². The number of hydrogen-bond donors (Lipinski definition) is 1. The summed E-state index contributed by atoms with van der Waals surface area (Å²) in [5, 5.41) is 10.3. The number of carbonyl (C=O) groups excluding carboxylic acids is 1. The van der Waals surface area contributed by atoms with Crippen molar-refractivity contribution in [3.05, 3.63) is 34.9 Å². The van der Waals surface area contributed by atoms with Crippen molar-refractivity contribution in [2.24, 2.45) is 17.3 Å². The van der Waals surface area contributed by atoms with Crippen molar-refractivity contribution in [3.63, 3.8) is 0 Å². The summed E-state index contributed by atoms with van der Waals surface area (Å²) in [6.45, 7) is 2.23. The molecule has 2 heteroatoms. The summed E-state index contributed by atoms with van der Waals surface area (Å²) in [5.74, 6) is 1.48. The molecule has 20 heavy (non-hydrogen) atoms. The number of aliphatic hydroxyl groups excluding tert-OH is 1. The first-order valence-electron chi connectivity index (χ1n) is 7.94. The second-order valence-electron chi connectivity index (χ2n) is 7.11. The van der Waals surface area contributed by atoms with E-state index in [2.05, 4.69) is 19.1 Å². The summed E-state index contributed by atoms with van der Waals surface area (Å²) < 4.78 is 0. The zero-order chi connectivity index (χ0) is 13.9. The van der Waals surface area contributed by atoms with Crippen LogP contribution in [0.15, 0.2) is 34.9 Å². The molecule has 0 aromatic heterocycles. The van der Waals surface area contributed by atoms with E-state index in [1.54, 1.807) is 0 Å². The van der Waals surface area contributed by atoms with Crippen molar-refractivity contribution in [1.82, 2.24) is 0 Å². The molecule has 4 aliphatic rings. The second kappa shape index (κ2) is 4.17. The molecule has 106 valence electrons. The molecule has 0 spiro atoms. The SMILES string of the molecule is C[C@]12C=CC3=C4CCC(=O)C=C4CCC3C1CCC2O. The Balaban J connectivity index is 1.82. The average Bonchev–Trinajstić information content (AvgIpc) is 2.74. The van der Waals surface area contributed by atoms with Crippen LogP contribution in [-0.4, -0.2) is 17.0 Å². The largest absolute Gasteiger partial charge is 0.392 e. The number of allylic oxidation sites excluding steroid dienone is 5. The third kappa shape index (κ3) is 1.57. The first kappa shape index (κ1) is 12.6. The van der Waals surface area contributed by atoms with E-state index in [4.69, 9.17) is 0 Å². The van der Waals surface area contributed by atoms with Gasteiger partial charge in [0.1, 0.15) is 0 Å². The molecule has 0 aromatic carbocycles. The van der Waals surface area contributed by atoms with Crippen molar-refractivity contribution in [1.29, 1.82) is 0 Å². The quantitative estimate of drug-likeness (QED) is 0.733. The lowest BCUT2D eigenvalue weighted by atomic mass is 9.60. The normalized spacial score (nSPS) is 43.0. The number of rotatable bonds is 0. The lowest BCUT2D eigenvalue weighted by molar-refractivity contribution is -0.114. The highest BCUT2D eigenvalue weighted by Gasteiger charge is 2.51. The van der Waals surface area contributed by atoms with E-state index in [0.717, 1.165) is 32.1 Å². The molecule has 0 bridgehead atoms. The van der Waals surface area contributed by atoms with Crippen LogP contribution in [0.2, 0.25) is 0 Å². The second-order valence-corrected chi connectivity index (χ2v) is 7.11. The van der Waals surface area contributed by atoms with Gasteiger partial charge in [-0.3, -0.25) is 4.79 Å². The fraction of sp³-hybridized carbons (Fsp3) is 0.611. The number of fused-ring (bicyclic) bond motifs is 4. The molecule has 0 heterocycles. The third-order valence-corrected chi connectivity index (χ3v) is 6.19. The van der Waals surface area contributed by atoms with Gasteiger partial charge in [-0.2, -0.15) is 0 Å². The number of carbonyl (C=O) groups is 1. The molecule has 0 amide bonds. The molecule has 1 fully saturated rings. The fourth-order valence-corrected chi connectivity index (χ4v) is 4.99. The molecule has 0 saturated heterocycles. The summed E-state index contributed by atoms with van der Waals surface area (Å²) in [6, 6.07) is 0. The van der Waals surface area contributed by atoms with Crippen molar-refractivity contribution in [3.8, 4) is 0 Å². The molecule has 2 nitrogen and oxygen atoms in total. The zero-order valence-corrected chi connectivity index (χ0v) is 12.1. The predicted octanol–water partition coefficient (Wildman–Crippen LogP) is 3.33. The molecule has 4 aliphatic carbocycles. The Morgan fingerprint density at radius 2 is 2.05 bits per heavy atom. The van der Waals surface area contributed by atoms with Gasteiger partial charge in [0, 0.05) is 11.8 Å². The van der Waals surface area contributed by atoms with E-state index in [9.17, 15) is 9.90 Å². The standard InChI is InChI=1S/C18H22O2/c1-18-9-8-14-13-5-3-12(19)10-11(13)2-4-15(14)16(18)6-7-17(18)20/h8-10,15-17,20H,2-7H2,1H3/t15?,16?,17?,18-/m0/s1. The topological polar surface area (TPSA) is 37.3 Å². The van der Waals surface area contributed by atoms with E-state index in [0.29, 0.717) is 24.0 Å². The van der Waals surface area contributed by atoms with Gasteiger partial charge >= 0.3 is 0 Å². The Labute approximate surface area is 120 Å². The van der Waals surface area contributed by atoms with E-state index < -0.39 is 0 Å². The minimum Gasteiger partial charge on any atom is -0.392 e. The maximum atomic E-state index is 11.6. The van der Waals surface area contributed by atoms with E-state index >= 15 is 0 Å². The van der Waals surface area contributed by atoms with Gasteiger partial charge in [-0.25, -0.2) is 0 Å². The molecule has 0 radical (unpaired) electrons. The van der Waals surface area contributed by atoms with Crippen LogP contribution >= 0.6 is 0 Å². The Morgan fingerprint density at radius 1 is 1.20 bits per heavy atom. The maximum absolute atomic E-state index is 11.6. The highest BCUT2D eigenvalue weighted by molar-refractivity contribution is 5.93. The molecule has 4 atom stereocenters. The van der Waals surface area contributed by atoms with Gasteiger partial charge in [-0.05, 0) is 66.7 Å². The highest BCUT2D eigenvalue weighted by Crippen LogP contribution is 2.57. The number of aliphatic hydroxyl groups is 1. The van der Waals surface area contributed by atoms with Crippen LogP contribution in [0.4, 0.5) is 0 Å². The van der Waals surface area contributed by atoms with Gasteiger partial charge in [0.25, 0.3) is 0 Å². The van der Waals surface area contributed by atoms with E-state index in [1.165, 1.54) is 16.7 Å². The first-order chi connectivity index (χ1) is 9.59. The van der Waals surface area contributed by atoms with Crippen LogP contribution in [0.25, 0.3) is 0 Å². The van der Waals surface area contributed by atoms with Crippen LogP contribution in [0.3, 0.4) is 0 Å². The number of hydrogen-bond acceptors (Lipinski definition) is 2. The summed E-state index contributed by atoms with van der Waals surface area (Å²) in [7, 11) is 0. The van der Waals surface area contributed by atoms with Crippen molar-refractivity contribution in [2.45, 2.75) is 51.6 Å². The van der Waals surface area contributed by atoms with Gasteiger partial charge in [0.05, 0.1) is 6.10 Å². The molecular weight excluding hydrogens is 248 g/mol. The van der Waals surface area contributed by atoms with Crippen LogP contribution in [-0.2, 0) is 4.79 Å². The van der Waals surface area contributed by atoms with Crippen LogP contribution in [0.5, 0.6) is 0 Å². The zero-order valence-electron chi connectivity index (χ0n) is 12.1. The molecule has 0 aromatic rings. The molecule has 1 N–H and O–H groups in total. The molecular formula is C18H22O2. The molecule has 3 unspecified atom stereocenters. The van der Waals surface area contributed by atoms with Crippen LogP contribution in [0, 0.1) is 17.3 Å². The Bertz CT molecular complexity index is 566. The van der Waals surface area contributed by atoms with Gasteiger partial charge < -0.3 is 5.11 Å². The summed E-state index contributed by atoms with van der Waals surface area (Å²) in [6.07, 6.45) is 12.1. The Hall–Kier alpha value is -1.15. The number of ketones is 1. The molecule has 1 saturated carbocycles. The minimum atomic E-state index is -0.180. The highest BCUT2D eigenvalue weighted by atomic mass is 16.3. The van der Waals surface area contributed by atoms with Crippen molar-refractivity contribution < 1.29 is 9.90 Å². The van der Waals surface area contributed by atoms with E-state index in [-0.39, 0.29) is 11.5 Å². The van der Waals surface area contributed by atoms with Crippen molar-refractivity contribution in [2.75, 3.05) is 0 Å². The monoisotopic (exact) mass is 270 g/mol. The van der Waals surface area contributed by atoms with Gasteiger partial charge in [0.2, 0.25) is 0 Å². The minimum absolute atomic E-state index is 0.0274. The fourth-order valence-electron chi connectivity index (χ4n) is 4.99. The predicted molar refractivity (Wildman–Crippen MR) is 78.1 cm³/mol. The summed E-state index contributed by atoms with van der Waals surface area (Å²) in [5.41, 5.74) is 4.19. The summed E-state index contributed by atoms with van der Waals surface area (Å²) >= 11 is 0. The molecule has 4 rings (SSSR count). The van der Waals surface area contributed by atoms with Gasteiger partial charge in [0.15, 0.2) is 5.78 Å². The van der Waals surface area contributed by atoms with Crippen molar-refractivity contribution >= 4 is 5.78 Å². The average molecular weight is 270 g/mol. The third-order valence-electron chi connectivity index (χ3n) is 6.19. The Kier molecular flexibility index (Phi) is 2.62. The molecule has 0 aliphatic heterocycles. The smallest absolute Gasteiger partial charge is 0.156 e. The Morgan fingerprint density at radius 3 is 2.90 bits per heavy atom. The van der Waals surface area contributed by atoms with Gasteiger partial charge in [-0.1, -0.05) is 19.1 Å².